The lowest BCUT2D eigenvalue weighted by molar-refractivity contribution is -0.222. The van der Waals surface area contributed by atoms with E-state index in [0.29, 0.717) is 5.57 Å². The second kappa shape index (κ2) is 4.33. The molecule has 0 amide bonds. The topological polar surface area (TPSA) is 55.8 Å². The summed E-state index contributed by atoms with van der Waals surface area (Å²) < 4.78 is 10.1. The molecule has 2 aliphatic heterocycles. The number of allylic oxidation sites excluding steroid dienone is 3. The van der Waals surface area contributed by atoms with E-state index in [2.05, 4.69) is 0 Å². The van der Waals surface area contributed by atoms with Crippen molar-refractivity contribution in [2.24, 2.45) is 0 Å². The second-order valence-electron chi connectivity index (χ2n) is 4.47. The van der Waals surface area contributed by atoms with E-state index in [1.54, 1.807) is 24.6 Å². The Labute approximate surface area is 105 Å². The van der Waals surface area contributed by atoms with Crippen molar-refractivity contribution < 1.29 is 19.1 Å². The van der Waals surface area contributed by atoms with Gasteiger partial charge in [0.1, 0.15) is 0 Å². The minimum Gasteiger partial charge on any atom is -0.419 e. The summed E-state index contributed by atoms with van der Waals surface area (Å²) >= 11 is 0. The SMILES string of the molecule is CCN1C=CC(=C2C(=O)OC(C)(C)OC2=O)C=C1. The molecule has 5 heteroatoms. The Balaban J connectivity index is 2.32. The first-order chi connectivity index (χ1) is 8.43. The van der Waals surface area contributed by atoms with Gasteiger partial charge in [-0.2, -0.15) is 0 Å². The van der Waals surface area contributed by atoms with Crippen LogP contribution in [-0.4, -0.2) is 29.2 Å². The van der Waals surface area contributed by atoms with Crippen molar-refractivity contribution in [1.82, 2.24) is 4.90 Å². The molecule has 0 N–H and O–H groups in total. The van der Waals surface area contributed by atoms with Gasteiger partial charge in [0.15, 0.2) is 5.57 Å². The molecule has 0 atom stereocenters. The van der Waals surface area contributed by atoms with E-state index in [-0.39, 0.29) is 5.57 Å². The number of carbonyl (C=O) groups excluding carboxylic acids is 2. The maximum atomic E-state index is 11.8. The molecule has 0 aromatic rings. The zero-order chi connectivity index (χ0) is 13.3. The summed E-state index contributed by atoms with van der Waals surface area (Å²) in [6, 6.07) is 0. The maximum Gasteiger partial charge on any atom is 0.349 e. The van der Waals surface area contributed by atoms with E-state index < -0.39 is 17.7 Å². The van der Waals surface area contributed by atoms with Gasteiger partial charge >= 0.3 is 11.9 Å². The van der Waals surface area contributed by atoms with Crippen molar-refractivity contribution in [3.8, 4) is 0 Å². The summed E-state index contributed by atoms with van der Waals surface area (Å²) in [5.41, 5.74) is 0.447. The van der Waals surface area contributed by atoms with Crippen LogP contribution in [0.25, 0.3) is 0 Å². The molecular formula is C13H15NO4. The lowest BCUT2D eigenvalue weighted by Gasteiger charge is -2.30. The van der Waals surface area contributed by atoms with Gasteiger partial charge in [0.25, 0.3) is 5.79 Å². The zero-order valence-corrected chi connectivity index (χ0v) is 10.6. The first-order valence-corrected chi connectivity index (χ1v) is 5.76. The average molecular weight is 249 g/mol. The van der Waals surface area contributed by atoms with Crippen LogP contribution in [0.1, 0.15) is 20.8 Å². The highest BCUT2D eigenvalue weighted by Crippen LogP contribution is 2.26. The largest absolute Gasteiger partial charge is 0.419 e. The Bertz CT molecular complexity index is 447. The van der Waals surface area contributed by atoms with Crippen molar-refractivity contribution in [3.05, 3.63) is 35.7 Å². The summed E-state index contributed by atoms with van der Waals surface area (Å²) in [5.74, 6) is -2.49. The van der Waals surface area contributed by atoms with Crippen molar-refractivity contribution >= 4 is 11.9 Å². The first kappa shape index (κ1) is 12.4. The number of carbonyl (C=O) groups is 2. The quantitative estimate of drug-likeness (QED) is 0.400. The molecular weight excluding hydrogens is 234 g/mol. The Hall–Kier alpha value is -2.04. The number of esters is 2. The third-order valence-electron chi connectivity index (χ3n) is 2.63. The fraction of sp³-hybridized carbons (Fsp3) is 0.385. The molecule has 0 aliphatic carbocycles. The molecule has 0 radical (unpaired) electrons. The number of rotatable bonds is 1. The fourth-order valence-electron chi connectivity index (χ4n) is 1.72. The Morgan fingerprint density at radius 1 is 1.11 bits per heavy atom. The highest BCUT2D eigenvalue weighted by Gasteiger charge is 2.40. The Morgan fingerprint density at radius 2 is 1.61 bits per heavy atom. The normalized spacial score (nSPS) is 22.1. The van der Waals surface area contributed by atoms with E-state index in [1.807, 2.05) is 11.8 Å². The molecule has 0 saturated carbocycles. The molecule has 0 bridgehead atoms. The van der Waals surface area contributed by atoms with Gasteiger partial charge in [-0.3, -0.25) is 0 Å². The molecule has 1 saturated heterocycles. The maximum absolute atomic E-state index is 11.8. The minimum absolute atomic E-state index is 0.0578. The summed E-state index contributed by atoms with van der Waals surface area (Å²) in [5, 5.41) is 0. The van der Waals surface area contributed by atoms with Gasteiger partial charge in [0, 0.05) is 32.8 Å². The number of hydrogen-bond donors (Lipinski definition) is 0. The van der Waals surface area contributed by atoms with Gasteiger partial charge in [-0.25, -0.2) is 9.59 Å². The summed E-state index contributed by atoms with van der Waals surface area (Å²) in [6.07, 6.45) is 6.98. The number of ether oxygens (including phenoxy) is 2. The molecule has 18 heavy (non-hydrogen) atoms. The van der Waals surface area contributed by atoms with Crippen LogP contribution in [0.15, 0.2) is 35.7 Å². The standard InChI is InChI=1S/C13H15NO4/c1-4-14-7-5-9(6-8-14)10-11(15)17-13(2,3)18-12(10)16/h5-8H,4H2,1-3H3. The Kier molecular flexibility index (Phi) is 2.98. The van der Waals surface area contributed by atoms with Gasteiger partial charge < -0.3 is 14.4 Å². The molecule has 2 rings (SSSR count). The minimum atomic E-state index is -1.20. The molecule has 0 spiro atoms. The Morgan fingerprint density at radius 3 is 2.06 bits per heavy atom. The molecule has 96 valence electrons. The van der Waals surface area contributed by atoms with Crippen molar-refractivity contribution in [2.45, 2.75) is 26.6 Å². The van der Waals surface area contributed by atoms with Gasteiger partial charge in [0.2, 0.25) is 0 Å². The molecule has 0 aromatic heterocycles. The third kappa shape index (κ3) is 2.30. The van der Waals surface area contributed by atoms with E-state index in [0.717, 1.165) is 6.54 Å². The summed E-state index contributed by atoms with van der Waals surface area (Å²) in [7, 11) is 0. The molecule has 2 heterocycles. The van der Waals surface area contributed by atoms with E-state index in [1.165, 1.54) is 13.8 Å². The molecule has 1 fully saturated rings. The van der Waals surface area contributed by atoms with Crippen LogP contribution in [-0.2, 0) is 19.1 Å². The number of cyclic esters (lactones) is 2. The van der Waals surface area contributed by atoms with Crippen molar-refractivity contribution in [3.63, 3.8) is 0 Å². The second-order valence-corrected chi connectivity index (χ2v) is 4.47. The van der Waals surface area contributed by atoms with Gasteiger partial charge in [-0.05, 0) is 24.6 Å². The molecule has 2 aliphatic rings. The van der Waals surface area contributed by atoms with Gasteiger partial charge in [-0.1, -0.05) is 0 Å². The van der Waals surface area contributed by atoms with Crippen LogP contribution in [0.2, 0.25) is 0 Å². The predicted molar refractivity (Wildman–Crippen MR) is 63.9 cm³/mol. The lowest BCUT2D eigenvalue weighted by atomic mass is 10.1. The molecule has 5 nitrogen and oxygen atoms in total. The van der Waals surface area contributed by atoms with Crippen LogP contribution < -0.4 is 0 Å². The number of nitrogens with zero attached hydrogens (tertiary/aromatic N) is 1. The van der Waals surface area contributed by atoms with E-state index in [9.17, 15) is 9.59 Å². The van der Waals surface area contributed by atoms with Crippen LogP contribution >= 0.6 is 0 Å². The van der Waals surface area contributed by atoms with E-state index in [4.69, 9.17) is 9.47 Å². The average Bonchev–Trinajstić information content (AvgIpc) is 2.27. The highest BCUT2D eigenvalue weighted by atomic mass is 16.7. The number of hydrogen-bond acceptors (Lipinski definition) is 5. The lowest BCUT2D eigenvalue weighted by Crippen LogP contribution is -2.42. The van der Waals surface area contributed by atoms with Gasteiger partial charge in [0.05, 0.1) is 0 Å². The van der Waals surface area contributed by atoms with Crippen LogP contribution in [0.4, 0.5) is 0 Å². The predicted octanol–water partition coefficient (Wildman–Crippen LogP) is 1.48. The summed E-state index contributed by atoms with van der Waals surface area (Å²) in [4.78, 5) is 25.5. The smallest absolute Gasteiger partial charge is 0.349 e. The molecule has 0 aromatic carbocycles. The highest BCUT2D eigenvalue weighted by molar-refractivity contribution is 6.16. The monoisotopic (exact) mass is 249 g/mol. The van der Waals surface area contributed by atoms with Crippen LogP contribution in [0.5, 0.6) is 0 Å². The van der Waals surface area contributed by atoms with Crippen LogP contribution in [0, 0.1) is 0 Å². The van der Waals surface area contributed by atoms with E-state index >= 15 is 0 Å². The van der Waals surface area contributed by atoms with Crippen molar-refractivity contribution in [1.29, 1.82) is 0 Å². The third-order valence-corrected chi connectivity index (χ3v) is 2.63. The van der Waals surface area contributed by atoms with Gasteiger partial charge in [-0.15, -0.1) is 0 Å². The molecule has 0 unspecified atom stereocenters. The first-order valence-electron chi connectivity index (χ1n) is 5.76. The van der Waals surface area contributed by atoms with Crippen molar-refractivity contribution in [2.75, 3.05) is 6.54 Å². The van der Waals surface area contributed by atoms with Crippen LogP contribution in [0.3, 0.4) is 0 Å². The zero-order valence-electron chi connectivity index (χ0n) is 10.6. The fourth-order valence-corrected chi connectivity index (χ4v) is 1.72. The summed E-state index contributed by atoms with van der Waals surface area (Å²) in [6.45, 7) is 5.86.